The van der Waals surface area contributed by atoms with Gasteiger partial charge in [0.15, 0.2) is 5.78 Å². The van der Waals surface area contributed by atoms with Gasteiger partial charge in [0.2, 0.25) is 0 Å². The highest BCUT2D eigenvalue weighted by molar-refractivity contribution is 9.09. The van der Waals surface area contributed by atoms with E-state index in [0.29, 0.717) is 23.7 Å². The zero-order valence-corrected chi connectivity index (χ0v) is 15.4. The molecule has 0 aromatic heterocycles. The number of carboxylic acid groups (broad SMARTS) is 1. The Morgan fingerprint density at radius 3 is 2.59 bits per heavy atom. The van der Waals surface area contributed by atoms with Crippen LogP contribution in [0.2, 0.25) is 0 Å². The van der Waals surface area contributed by atoms with Gasteiger partial charge in [-0.05, 0) is 56.4 Å². The number of ketones is 1. The van der Waals surface area contributed by atoms with E-state index in [9.17, 15) is 9.59 Å². The minimum absolute atomic E-state index is 0.189. The summed E-state index contributed by atoms with van der Waals surface area (Å²) in [5.74, 6) is 1.07. The van der Waals surface area contributed by atoms with Crippen molar-refractivity contribution in [2.24, 2.45) is 11.1 Å². The van der Waals surface area contributed by atoms with Crippen molar-refractivity contribution < 1.29 is 14.7 Å². The van der Waals surface area contributed by atoms with Crippen LogP contribution in [0.3, 0.4) is 0 Å². The summed E-state index contributed by atoms with van der Waals surface area (Å²) in [6.45, 7) is 1.42. The number of rotatable bonds is 11. The van der Waals surface area contributed by atoms with Gasteiger partial charge in [-0.15, -0.1) is 0 Å². The highest BCUT2D eigenvalue weighted by Gasteiger charge is 2.35. The molecule has 0 saturated heterocycles. The molecule has 0 unspecified atom stereocenters. The summed E-state index contributed by atoms with van der Waals surface area (Å²) in [5.41, 5.74) is 5.61. The van der Waals surface area contributed by atoms with Gasteiger partial charge < -0.3 is 16.2 Å². The predicted octanol–water partition coefficient (Wildman–Crippen LogP) is 2.03. The van der Waals surface area contributed by atoms with E-state index >= 15 is 0 Å². The zero-order valence-electron chi connectivity index (χ0n) is 13.0. The first-order chi connectivity index (χ1) is 10.5. The molecule has 1 aliphatic carbocycles. The smallest absolute Gasteiger partial charge is 0.303 e. The quantitative estimate of drug-likeness (QED) is 0.366. The first-order valence-corrected chi connectivity index (χ1v) is 10.1. The maximum Gasteiger partial charge on any atom is 0.303 e. The van der Waals surface area contributed by atoms with Crippen LogP contribution < -0.4 is 11.1 Å². The molecular formula is C15H27BrN2O3S. The summed E-state index contributed by atoms with van der Waals surface area (Å²) in [4.78, 5) is 22.1. The van der Waals surface area contributed by atoms with E-state index in [2.05, 4.69) is 21.2 Å². The van der Waals surface area contributed by atoms with Crippen LogP contribution in [0.15, 0.2) is 0 Å². The summed E-state index contributed by atoms with van der Waals surface area (Å²) in [6.07, 6.45) is 5.02. The van der Waals surface area contributed by atoms with E-state index in [4.69, 9.17) is 10.8 Å². The molecule has 0 spiro atoms. The van der Waals surface area contributed by atoms with Crippen molar-refractivity contribution in [1.29, 1.82) is 0 Å². The molecular weight excluding hydrogens is 368 g/mol. The normalized spacial score (nSPS) is 25.1. The van der Waals surface area contributed by atoms with E-state index in [-0.39, 0.29) is 17.6 Å². The molecule has 22 heavy (non-hydrogen) atoms. The number of carbonyl (C=O) groups excluding carboxylic acids is 1. The van der Waals surface area contributed by atoms with Crippen LogP contribution in [-0.2, 0) is 9.59 Å². The van der Waals surface area contributed by atoms with Crippen LogP contribution in [0.5, 0.6) is 0 Å². The van der Waals surface area contributed by atoms with Crippen molar-refractivity contribution in [3.8, 4) is 0 Å². The monoisotopic (exact) mass is 394 g/mol. The highest BCUT2D eigenvalue weighted by atomic mass is 79.9. The molecule has 0 atom stereocenters. The molecule has 0 aromatic rings. The van der Waals surface area contributed by atoms with E-state index in [1.165, 1.54) is 0 Å². The standard InChI is InChI=1S/C15H27BrN2O3S/c16-9-13(19)10-22-7-1-6-18-12-2-4-15(11-17,5-3-12)8-14(20)21/h12,18H,1-11,17H2,(H,20,21). The van der Waals surface area contributed by atoms with Gasteiger partial charge >= 0.3 is 5.97 Å². The van der Waals surface area contributed by atoms with E-state index in [1.54, 1.807) is 11.8 Å². The summed E-state index contributed by atoms with van der Waals surface area (Å²) < 4.78 is 0. The number of Topliss-reactive ketones (excluding diaryl/α,β-unsaturated/α-hetero) is 1. The van der Waals surface area contributed by atoms with Crippen molar-refractivity contribution in [3.63, 3.8) is 0 Å². The number of halogens is 1. The van der Waals surface area contributed by atoms with E-state index < -0.39 is 5.97 Å². The van der Waals surface area contributed by atoms with E-state index in [1.807, 2.05) is 0 Å². The molecule has 1 fully saturated rings. The zero-order chi connectivity index (χ0) is 16.4. The fourth-order valence-electron chi connectivity index (χ4n) is 2.91. The highest BCUT2D eigenvalue weighted by Crippen LogP contribution is 2.38. The topological polar surface area (TPSA) is 92.4 Å². The first kappa shape index (κ1) is 19.9. The Kier molecular flexibility index (Phi) is 9.63. The lowest BCUT2D eigenvalue weighted by molar-refractivity contribution is -0.140. The molecule has 7 heteroatoms. The third-order valence-electron chi connectivity index (χ3n) is 4.32. The maximum atomic E-state index is 11.1. The molecule has 0 heterocycles. The molecule has 0 bridgehead atoms. The number of alkyl halides is 1. The van der Waals surface area contributed by atoms with Crippen LogP contribution in [-0.4, -0.2) is 52.8 Å². The third kappa shape index (κ3) is 7.44. The van der Waals surface area contributed by atoms with Gasteiger partial charge in [-0.2, -0.15) is 11.8 Å². The minimum atomic E-state index is -0.744. The van der Waals surface area contributed by atoms with Gasteiger partial charge in [0.25, 0.3) is 0 Å². The second-order valence-electron chi connectivity index (χ2n) is 6.08. The second-order valence-corrected chi connectivity index (χ2v) is 7.75. The maximum absolute atomic E-state index is 11.1. The van der Waals surface area contributed by atoms with Gasteiger partial charge in [-0.25, -0.2) is 0 Å². The Hall–Kier alpha value is -0.110. The van der Waals surface area contributed by atoms with Crippen molar-refractivity contribution in [3.05, 3.63) is 0 Å². The molecule has 4 N–H and O–H groups in total. The van der Waals surface area contributed by atoms with Crippen molar-refractivity contribution >= 4 is 39.4 Å². The molecule has 1 aliphatic rings. The Morgan fingerprint density at radius 2 is 2.05 bits per heavy atom. The fraction of sp³-hybridized carbons (Fsp3) is 0.867. The van der Waals surface area contributed by atoms with Gasteiger partial charge in [0, 0.05) is 6.04 Å². The first-order valence-electron chi connectivity index (χ1n) is 7.82. The number of nitrogens with one attached hydrogen (secondary N) is 1. The Labute approximate surface area is 145 Å². The largest absolute Gasteiger partial charge is 0.481 e. The molecule has 1 rings (SSSR count). The van der Waals surface area contributed by atoms with Crippen molar-refractivity contribution in [2.75, 3.05) is 29.9 Å². The van der Waals surface area contributed by atoms with Crippen molar-refractivity contribution in [2.45, 2.75) is 44.6 Å². The number of carboxylic acids is 1. The predicted molar refractivity (Wildman–Crippen MR) is 94.7 cm³/mol. The molecule has 128 valence electrons. The summed E-state index contributed by atoms with van der Waals surface area (Å²) >= 11 is 4.84. The van der Waals surface area contributed by atoms with Crippen LogP contribution in [0, 0.1) is 5.41 Å². The SMILES string of the molecule is NCC1(CC(=O)O)CCC(NCCCSCC(=O)CBr)CC1. The number of thioether (sulfide) groups is 1. The average molecular weight is 395 g/mol. The number of carbonyl (C=O) groups is 2. The van der Waals surface area contributed by atoms with Crippen LogP contribution >= 0.6 is 27.7 Å². The van der Waals surface area contributed by atoms with Gasteiger partial charge in [0.05, 0.1) is 17.5 Å². The summed E-state index contributed by atoms with van der Waals surface area (Å²) in [6, 6.07) is 0.475. The third-order valence-corrected chi connectivity index (χ3v) is 6.04. The molecule has 0 aromatic carbocycles. The number of aliphatic carboxylic acids is 1. The van der Waals surface area contributed by atoms with Gasteiger partial charge in [0.1, 0.15) is 0 Å². The molecule has 1 saturated carbocycles. The molecule has 0 amide bonds. The molecule has 0 radical (unpaired) electrons. The molecule has 0 aliphatic heterocycles. The van der Waals surface area contributed by atoms with Crippen molar-refractivity contribution in [1.82, 2.24) is 5.32 Å². The summed E-state index contributed by atoms with van der Waals surface area (Å²) in [5, 5.41) is 13.0. The van der Waals surface area contributed by atoms with Crippen LogP contribution in [0.4, 0.5) is 0 Å². The van der Waals surface area contributed by atoms with Gasteiger partial charge in [-0.3, -0.25) is 9.59 Å². The minimum Gasteiger partial charge on any atom is -0.481 e. The van der Waals surface area contributed by atoms with Crippen LogP contribution in [0.1, 0.15) is 38.5 Å². The van der Waals surface area contributed by atoms with Crippen LogP contribution in [0.25, 0.3) is 0 Å². The number of nitrogens with two attached hydrogens (primary N) is 1. The summed E-state index contributed by atoms with van der Waals surface area (Å²) in [7, 11) is 0. The average Bonchev–Trinajstić information content (AvgIpc) is 2.51. The van der Waals surface area contributed by atoms with E-state index in [0.717, 1.165) is 44.4 Å². The lowest BCUT2D eigenvalue weighted by Crippen LogP contribution is -2.42. The Morgan fingerprint density at radius 1 is 1.36 bits per heavy atom. The lowest BCUT2D eigenvalue weighted by Gasteiger charge is -2.38. The fourth-order valence-corrected chi connectivity index (χ4v) is 4.20. The van der Waals surface area contributed by atoms with Gasteiger partial charge in [-0.1, -0.05) is 15.9 Å². The number of hydrogen-bond acceptors (Lipinski definition) is 5. The second kappa shape index (κ2) is 10.6. The Bertz CT molecular complexity index is 361. The Balaban J connectivity index is 2.12. The molecule has 5 nitrogen and oxygen atoms in total. The lowest BCUT2D eigenvalue weighted by atomic mass is 9.70. The number of hydrogen-bond donors (Lipinski definition) is 3.